The van der Waals surface area contributed by atoms with E-state index in [0.717, 1.165) is 18.8 Å². The van der Waals surface area contributed by atoms with Crippen molar-refractivity contribution in [2.75, 3.05) is 31.6 Å². The van der Waals surface area contributed by atoms with Crippen LogP contribution in [0.3, 0.4) is 0 Å². The first-order chi connectivity index (χ1) is 6.59. The summed E-state index contributed by atoms with van der Waals surface area (Å²) >= 11 is 0. The van der Waals surface area contributed by atoms with Gasteiger partial charge in [0, 0.05) is 48.0 Å². The Kier molecular flexibility index (Phi) is 5.06. The van der Waals surface area contributed by atoms with Gasteiger partial charge in [0.05, 0.1) is 0 Å². The van der Waals surface area contributed by atoms with Crippen LogP contribution < -0.4 is 5.32 Å². The Morgan fingerprint density at radius 2 is 2.29 bits per heavy atom. The van der Waals surface area contributed by atoms with Crippen LogP contribution in [0.1, 0.15) is 20.3 Å². The van der Waals surface area contributed by atoms with Gasteiger partial charge in [0.2, 0.25) is 0 Å². The second kappa shape index (κ2) is 5.83. The normalized spacial score (nSPS) is 25.9. The summed E-state index contributed by atoms with van der Waals surface area (Å²) in [7, 11) is -0.659. The summed E-state index contributed by atoms with van der Waals surface area (Å²) in [5.41, 5.74) is 0. The predicted octanol–water partition coefficient (Wildman–Crippen LogP) is 0.437. The van der Waals surface area contributed by atoms with Crippen LogP contribution in [0.2, 0.25) is 0 Å². The fourth-order valence-electron chi connectivity index (χ4n) is 1.83. The Bertz CT molecular complexity index is 197. The van der Waals surface area contributed by atoms with E-state index in [1.807, 2.05) is 0 Å². The minimum atomic E-state index is -0.659. The van der Waals surface area contributed by atoms with Gasteiger partial charge in [-0.05, 0) is 26.8 Å². The van der Waals surface area contributed by atoms with Crippen LogP contribution in [0.4, 0.5) is 0 Å². The highest BCUT2D eigenvalue weighted by Gasteiger charge is 2.23. The molecule has 84 valence electrons. The molecule has 0 saturated carbocycles. The molecule has 1 rings (SSSR count). The molecule has 0 aromatic carbocycles. The van der Waals surface area contributed by atoms with E-state index in [4.69, 9.17) is 0 Å². The summed E-state index contributed by atoms with van der Waals surface area (Å²) in [6.07, 6.45) is 2.99. The molecule has 1 fully saturated rings. The van der Waals surface area contributed by atoms with Gasteiger partial charge in [-0.3, -0.25) is 9.11 Å². The largest absolute Gasteiger partial charge is 0.312 e. The Labute approximate surface area is 89.7 Å². The summed E-state index contributed by atoms with van der Waals surface area (Å²) in [6, 6.07) is 1.27. The zero-order valence-electron chi connectivity index (χ0n) is 9.45. The standard InChI is InChI=1S/C10H22N2OS/c1-9(2)12-6-4-10(8-12)11-5-7-14(3)13/h9-11H,4-8H2,1-3H3. The molecule has 2 unspecified atom stereocenters. The zero-order chi connectivity index (χ0) is 10.6. The average molecular weight is 218 g/mol. The second-order valence-electron chi connectivity index (χ2n) is 4.31. The number of hydrogen-bond acceptors (Lipinski definition) is 3. The zero-order valence-corrected chi connectivity index (χ0v) is 10.3. The first-order valence-electron chi connectivity index (χ1n) is 5.37. The summed E-state index contributed by atoms with van der Waals surface area (Å²) in [5.74, 6) is 0.776. The summed E-state index contributed by atoms with van der Waals surface area (Å²) in [6.45, 7) is 7.71. The highest BCUT2D eigenvalue weighted by molar-refractivity contribution is 7.84. The maximum absolute atomic E-state index is 10.9. The number of rotatable bonds is 5. The minimum Gasteiger partial charge on any atom is -0.312 e. The molecule has 4 heteroatoms. The van der Waals surface area contributed by atoms with E-state index < -0.39 is 10.8 Å². The third-order valence-corrected chi connectivity index (χ3v) is 3.55. The Hall–Kier alpha value is 0.0700. The quantitative estimate of drug-likeness (QED) is 0.726. The molecule has 0 bridgehead atoms. The van der Waals surface area contributed by atoms with Crippen molar-refractivity contribution in [3.05, 3.63) is 0 Å². The van der Waals surface area contributed by atoms with Gasteiger partial charge >= 0.3 is 0 Å². The summed E-state index contributed by atoms with van der Waals surface area (Å²) in [4.78, 5) is 2.49. The van der Waals surface area contributed by atoms with E-state index in [-0.39, 0.29) is 0 Å². The molecule has 0 aromatic rings. The third-order valence-electron chi connectivity index (χ3n) is 2.77. The maximum atomic E-state index is 10.9. The molecule has 1 heterocycles. The maximum Gasteiger partial charge on any atom is 0.0357 e. The molecule has 0 aliphatic carbocycles. The van der Waals surface area contributed by atoms with Crippen molar-refractivity contribution in [1.29, 1.82) is 0 Å². The highest BCUT2D eigenvalue weighted by Crippen LogP contribution is 2.11. The molecule has 1 aliphatic rings. The number of hydrogen-bond donors (Lipinski definition) is 1. The van der Waals surface area contributed by atoms with Gasteiger partial charge in [-0.25, -0.2) is 0 Å². The molecule has 0 amide bonds. The van der Waals surface area contributed by atoms with E-state index >= 15 is 0 Å². The molecule has 1 saturated heterocycles. The van der Waals surface area contributed by atoms with Crippen molar-refractivity contribution in [1.82, 2.24) is 10.2 Å². The lowest BCUT2D eigenvalue weighted by Gasteiger charge is -2.20. The molecule has 2 atom stereocenters. The molecule has 0 radical (unpaired) electrons. The van der Waals surface area contributed by atoms with E-state index in [1.54, 1.807) is 6.26 Å². The number of likely N-dealkylation sites (tertiary alicyclic amines) is 1. The van der Waals surface area contributed by atoms with Crippen LogP contribution in [-0.4, -0.2) is 52.8 Å². The highest BCUT2D eigenvalue weighted by atomic mass is 32.2. The van der Waals surface area contributed by atoms with Gasteiger partial charge in [-0.2, -0.15) is 0 Å². The van der Waals surface area contributed by atoms with Crippen molar-refractivity contribution < 1.29 is 4.21 Å². The van der Waals surface area contributed by atoms with Crippen LogP contribution in [0.25, 0.3) is 0 Å². The first kappa shape index (κ1) is 12.1. The summed E-state index contributed by atoms with van der Waals surface area (Å²) in [5, 5.41) is 3.46. The molecule has 0 spiro atoms. The van der Waals surface area contributed by atoms with Crippen molar-refractivity contribution in [2.24, 2.45) is 0 Å². The molecule has 3 nitrogen and oxygen atoms in total. The van der Waals surface area contributed by atoms with Crippen molar-refractivity contribution >= 4 is 10.8 Å². The smallest absolute Gasteiger partial charge is 0.0357 e. The van der Waals surface area contributed by atoms with Gasteiger partial charge in [0.15, 0.2) is 0 Å². The number of nitrogens with zero attached hydrogens (tertiary/aromatic N) is 1. The van der Waals surface area contributed by atoms with Gasteiger partial charge in [0.1, 0.15) is 0 Å². The van der Waals surface area contributed by atoms with Crippen LogP contribution in [0.15, 0.2) is 0 Å². The third kappa shape index (κ3) is 4.07. The first-order valence-corrected chi connectivity index (χ1v) is 7.09. The van der Waals surface area contributed by atoms with E-state index in [0.29, 0.717) is 12.1 Å². The van der Waals surface area contributed by atoms with E-state index in [1.165, 1.54) is 13.0 Å². The molecule has 1 N–H and O–H groups in total. The lowest BCUT2D eigenvalue weighted by atomic mass is 10.3. The molecular formula is C10H22N2OS. The topological polar surface area (TPSA) is 32.3 Å². The number of nitrogens with one attached hydrogen (secondary N) is 1. The monoisotopic (exact) mass is 218 g/mol. The second-order valence-corrected chi connectivity index (χ2v) is 5.86. The van der Waals surface area contributed by atoms with E-state index in [9.17, 15) is 4.21 Å². The molecule has 1 aliphatic heterocycles. The van der Waals surface area contributed by atoms with Crippen LogP contribution in [0.5, 0.6) is 0 Å². The Morgan fingerprint density at radius 1 is 1.57 bits per heavy atom. The van der Waals surface area contributed by atoms with Crippen LogP contribution in [0, 0.1) is 0 Å². The van der Waals surface area contributed by atoms with Gasteiger partial charge in [-0.15, -0.1) is 0 Å². The SMILES string of the molecule is CC(C)N1CCC(NCCS(C)=O)C1. The Balaban J connectivity index is 2.13. The average Bonchev–Trinajstić information content (AvgIpc) is 2.52. The lowest BCUT2D eigenvalue weighted by molar-refractivity contribution is 0.268. The van der Waals surface area contributed by atoms with Gasteiger partial charge in [-0.1, -0.05) is 0 Å². The predicted molar refractivity (Wildman–Crippen MR) is 62.1 cm³/mol. The Morgan fingerprint density at radius 3 is 2.79 bits per heavy atom. The van der Waals surface area contributed by atoms with Crippen molar-refractivity contribution in [3.8, 4) is 0 Å². The van der Waals surface area contributed by atoms with Crippen LogP contribution >= 0.6 is 0 Å². The van der Waals surface area contributed by atoms with E-state index in [2.05, 4.69) is 24.1 Å². The fourth-order valence-corrected chi connectivity index (χ4v) is 2.24. The van der Waals surface area contributed by atoms with Gasteiger partial charge in [0.25, 0.3) is 0 Å². The minimum absolute atomic E-state index is 0.612. The van der Waals surface area contributed by atoms with Gasteiger partial charge < -0.3 is 5.32 Å². The molecule has 14 heavy (non-hydrogen) atoms. The van der Waals surface area contributed by atoms with Crippen LogP contribution in [-0.2, 0) is 10.8 Å². The van der Waals surface area contributed by atoms with Crippen molar-refractivity contribution in [3.63, 3.8) is 0 Å². The van der Waals surface area contributed by atoms with Crippen molar-refractivity contribution in [2.45, 2.75) is 32.4 Å². The summed E-state index contributed by atoms with van der Waals surface area (Å²) < 4.78 is 10.9. The molecule has 0 aromatic heterocycles. The fraction of sp³-hybridized carbons (Fsp3) is 1.00. The lowest BCUT2D eigenvalue weighted by Crippen LogP contribution is -2.36. The molecular weight excluding hydrogens is 196 g/mol.